The summed E-state index contributed by atoms with van der Waals surface area (Å²) < 4.78 is 32.8. The van der Waals surface area contributed by atoms with E-state index in [9.17, 15) is 8.78 Å². The fraction of sp³-hybridized carbons (Fsp3) is 0.211. The number of aryl methyl sites for hydroxylation is 2. The van der Waals surface area contributed by atoms with Gasteiger partial charge in [0.1, 0.15) is 11.6 Å². The van der Waals surface area contributed by atoms with E-state index in [4.69, 9.17) is 0 Å². The van der Waals surface area contributed by atoms with Crippen molar-refractivity contribution in [2.24, 2.45) is 7.05 Å². The lowest BCUT2D eigenvalue weighted by molar-refractivity contribution is 0.566. The van der Waals surface area contributed by atoms with Crippen LogP contribution in [0.5, 0.6) is 0 Å². The van der Waals surface area contributed by atoms with Gasteiger partial charge in [0.05, 0.1) is 16.8 Å². The van der Waals surface area contributed by atoms with E-state index in [1.54, 1.807) is 21.3 Å². The van der Waals surface area contributed by atoms with Gasteiger partial charge in [0, 0.05) is 42.9 Å². The van der Waals surface area contributed by atoms with Crippen molar-refractivity contribution >= 4 is 27.2 Å². The van der Waals surface area contributed by atoms with Crippen LogP contribution in [0, 0.1) is 11.6 Å². The maximum Gasteiger partial charge on any atom is 0.234 e. The average molecular weight is 411 g/mol. The molecule has 0 atom stereocenters. The van der Waals surface area contributed by atoms with E-state index in [1.165, 1.54) is 23.6 Å². The van der Waals surface area contributed by atoms with E-state index >= 15 is 0 Å². The number of fused-ring (bicyclic) bond motifs is 2. The highest BCUT2D eigenvalue weighted by molar-refractivity contribution is 7.19. The lowest BCUT2D eigenvalue weighted by Gasteiger charge is -2.06. The SMILES string of the molecule is CCc1nn(C)cc1-c1nn2c(Cc3c(F)cc4ncccc4c3F)nnc2s1. The van der Waals surface area contributed by atoms with Gasteiger partial charge >= 0.3 is 0 Å². The monoisotopic (exact) mass is 411 g/mol. The Morgan fingerprint density at radius 1 is 1.17 bits per heavy atom. The Morgan fingerprint density at radius 3 is 2.86 bits per heavy atom. The smallest absolute Gasteiger partial charge is 0.234 e. The van der Waals surface area contributed by atoms with Crippen molar-refractivity contribution < 1.29 is 8.78 Å². The van der Waals surface area contributed by atoms with Crippen LogP contribution in [0.15, 0.2) is 30.6 Å². The van der Waals surface area contributed by atoms with Crippen LogP contribution in [0.25, 0.3) is 26.4 Å². The fourth-order valence-corrected chi connectivity index (χ4v) is 4.25. The van der Waals surface area contributed by atoms with Gasteiger partial charge in [0.25, 0.3) is 0 Å². The van der Waals surface area contributed by atoms with Crippen LogP contribution in [0.4, 0.5) is 8.78 Å². The summed E-state index contributed by atoms with van der Waals surface area (Å²) in [6.45, 7) is 2.03. The molecule has 0 aliphatic rings. The third-order valence-corrected chi connectivity index (χ3v) is 5.68. The summed E-state index contributed by atoms with van der Waals surface area (Å²) in [4.78, 5) is 4.57. The lowest BCUT2D eigenvalue weighted by Crippen LogP contribution is -2.03. The Labute approximate surface area is 167 Å². The number of aromatic nitrogens is 7. The summed E-state index contributed by atoms with van der Waals surface area (Å²) in [6.07, 6.45) is 4.11. The molecule has 10 heteroatoms. The number of hydrogen-bond donors (Lipinski definition) is 0. The zero-order valence-electron chi connectivity index (χ0n) is 15.6. The van der Waals surface area contributed by atoms with Gasteiger partial charge < -0.3 is 0 Å². The third kappa shape index (κ3) is 2.87. The van der Waals surface area contributed by atoms with Crippen LogP contribution < -0.4 is 0 Å². The molecule has 0 aliphatic carbocycles. The zero-order chi connectivity index (χ0) is 20.1. The molecular formula is C19H15F2N7S. The summed E-state index contributed by atoms with van der Waals surface area (Å²) in [6, 6.07) is 4.44. The van der Waals surface area contributed by atoms with Crippen molar-refractivity contribution in [1.29, 1.82) is 0 Å². The maximum absolute atomic E-state index is 14.9. The van der Waals surface area contributed by atoms with Crippen molar-refractivity contribution in [3.05, 3.63) is 59.3 Å². The lowest BCUT2D eigenvalue weighted by atomic mass is 10.1. The molecule has 0 aliphatic heterocycles. The Kier molecular flexibility index (Phi) is 4.09. The van der Waals surface area contributed by atoms with Crippen molar-refractivity contribution in [1.82, 2.24) is 34.6 Å². The van der Waals surface area contributed by atoms with Gasteiger partial charge in [0.15, 0.2) is 10.8 Å². The van der Waals surface area contributed by atoms with Crippen LogP contribution in [0.3, 0.4) is 0 Å². The molecule has 5 rings (SSSR count). The first-order valence-corrected chi connectivity index (χ1v) is 9.82. The highest BCUT2D eigenvalue weighted by Crippen LogP contribution is 2.29. The van der Waals surface area contributed by atoms with Crippen molar-refractivity contribution in [2.75, 3.05) is 0 Å². The van der Waals surface area contributed by atoms with Gasteiger partial charge in [-0.2, -0.15) is 14.7 Å². The quantitative estimate of drug-likeness (QED) is 0.452. The normalized spacial score (nSPS) is 11.7. The molecule has 0 saturated heterocycles. The Balaban J connectivity index is 1.58. The molecule has 4 aromatic heterocycles. The highest BCUT2D eigenvalue weighted by atomic mass is 32.1. The fourth-order valence-electron chi connectivity index (χ4n) is 3.36. The average Bonchev–Trinajstić information content (AvgIpc) is 3.39. The minimum Gasteiger partial charge on any atom is -0.275 e. The molecule has 0 N–H and O–H groups in total. The molecule has 1 aromatic carbocycles. The first-order chi connectivity index (χ1) is 14.0. The maximum atomic E-state index is 14.9. The summed E-state index contributed by atoms with van der Waals surface area (Å²) in [5, 5.41) is 18.2. The summed E-state index contributed by atoms with van der Waals surface area (Å²) >= 11 is 1.36. The van der Waals surface area contributed by atoms with Gasteiger partial charge in [-0.25, -0.2) is 8.78 Å². The minimum atomic E-state index is -0.665. The minimum absolute atomic E-state index is 0.0689. The number of hydrogen-bond acceptors (Lipinski definition) is 6. The number of nitrogens with zero attached hydrogens (tertiary/aromatic N) is 7. The molecule has 0 unspecified atom stereocenters. The Hall–Kier alpha value is -3.27. The zero-order valence-corrected chi connectivity index (χ0v) is 16.4. The molecule has 5 aromatic rings. The third-order valence-electron chi connectivity index (χ3n) is 4.75. The van der Waals surface area contributed by atoms with E-state index in [2.05, 4.69) is 25.4 Å². The van der Waals surface area contributed by atoms with Crippen LogP contribution in [0.2, 0.25) is 0 Å². The summed E-state index contributed by atoms with van der Waals surface area (Å²) in [7, 11) is 1.86. The molecule has 4 heterocycles. The van der Waals surface area contributed by atoms with E-state index in [-0.39, 0.29) is 22.9 Å². The second kappa shape index (κ2) is 6.66. The van der Waals surface area contributed by atoms with Gasteiger partial charge in [-0.3, -0.25) is 9.67 Å². The molecule has 0 radical (unpaired) electrons. The summed E-state index contributed by atoms with van der Waals surface area (Å²) in [5.74, 6) is -0.937. The molecule has 0 fully saturated rings. The Bertz CT molecular complexity index is 1370. The van der Waals surface area contributed by atoms with Gasteiger partial charge in [0.2, 0.25) is 4.96 Å². The number of pyridine rings is 1. The van der Waals surface area contributed by atoms with Crippen LogP contribution in [0.1, 0.15) is 24.0 Å². The molecule has 29 heavy (non-hydrogen) atoms. The van der Waals surface area contributed by atoms with Crippen molar-refractivity contribution in [2.45, 2.75) is 19.8 Å². The number of benzene rings is 1. The standard InChI is InChI=1S/C19H15F2N7S/c1-3-14-12(9-27(2)25-14)18-26-28-16(23-24-19(28)29-18)7-11-13(20)8-15-10(17(11)21)5-4-6-22-15/h4-6,8-9H,3,7H2,1-2H3. The number of halogens is 2. The molecule has 0 spiro atoms. The summed E-state index contributed by atoms with van der Waals surface area (Å²) in [5.41, 5.74) is 2.05. The first-order valence-electron chi connectivity index (χ1n) is 9.00. The predicted octanol–water partition coefficient (Wildman–Crippen LogP) is 3.57. The molecule has 146 valence electrons. The predicted molar refractivity (Wildman–Crippen MR) is 105 cm³/mol. The van der Waals surface area contributed by atoms with E-state index in [0.717, 1.165) is 22.7 Å². The number of rotatable bonds is 4. The van der Waals surface area contributed by atoms with E-state index in [1.807, 2.05) is 20.2 Å². The van der Waals surface area contributed by atoms with Crippen molar-refractivity contribution in [3.8, 4) is 10.6 Å². The van der Waals surface area contributed by atoms with Gasteiger partial charge in [-0.15, -0.1) is 10.2 Å². The molecule has 0 saturated carbocycles. The van der Waals surface area contributed by atoms with Gasteiger partial charge in [-0.1, -0.05) is 18.3 Å². The van der Waals surface area contributed by atoms with Crippen LogP contribution in [-0.4, -0.2) is 34.6 Å². The Morgan fingerprint density at radius 2 is 2.03 bits per heavy atom. The van der Waals surface area contributed by atoms with Crippen molar-refractivity contribution in [3.63, 3.8) is 0 Å². The topological polar surface area (TPSA) is 73.8 Å². The van der Waals surface area contributed by atoms with Gasteiger partial charge in [-0.05, 0) is 18.6 Å². The second-order valence-electron chi connectivity index (χ2n) is 6.63. The molecule has 7 nitrogen and oxygen atoms in total. The highest BCUT2D eigenvalue weighted by Gasteiger charge is 2.21. The van der Waals surface area contributed by atoms with E-state index in [0.29, 0.717) is 10.8 Å². The van der Waals surface area contributed by atoms with Crippen LogP contribution >= 0.6 is 11.3 Å². The van der Waals surface area contributed by atoms with Crippen LogP contribution in [-0.2, 0) is 19.9 Å². The second-order valence-corrected chi connectivity index (χ2v) is 7.59. The molecule has 0 amide bonds. The molecular weight excluding hydrogens is 396 g/mol. The largest absolute Gasteiger partial charge is 0.275 e. The van der Waals surface area contributed by atoms with E-state index < -0.39 is 11.6 Å². The first kappa shape index (κ1) is 17.8. The molecule has 0 bridgehead atoms.